The van der Waals surface area contributed by atoms with E-state index in [0.717, 1.165) is 0 Å². The second-order valence-corrected chi connectivity index (χ2v) is 7.28. The second-order valence-electron chi connectivity index (χ2n) is 6.85. The van der Waals surface area contributed by atoms with Gasteiger partial charge in [0.15, 0.2) is 0 Å². The first kappa shape index (κ1) is 21.1. The quantitative estimate of drug-likeness (QED) is 0.761. The van der Waals surface area contributed by atoms with Crippen LogP contribution in [0.3, 0.4) is 0 Å². The fraction of sp³-hybridized carbons (Fsp3) is 0.217. The zero-order valence-corrected chi connectivity index (χ0v) is 17.3. The number of halogens is 1. The molecular formula is C23H19ClN4O2. The average Bonchev–Trinajstić information content (AvgIpc) is 2.73. The number of allylic oxidation sites excluding steroid dienone is 2. The van der Waals surface area contributed by atoms with Crippen LogP contribution >= 0.6 is 11.6 Å². The van der Waals surface area contributed by atoms with E-state index in [1.165, 1.54) is 4.90 Å². The van der Waals surface area contributed by atoms with Crippen LogP contribution in [0.5, 0.6) is 0 Å². The van der Waals surface area contributed by atoms with Crippen molar-refractivity contribution < 1.29 is 9.59 Å². The molecule has 0 aliphatic carbocycles. The van der Waals surface area contributed by atoms with Gasteiger partial charge in [-0.05, 0) is 49.7 Å². The minimum atomic E-state index is -1.13. The average molecular weight is 419 g/mol. The molecule has 1 aliphatic heterocycles. The minimum Gasteiger partial charge on any atom is -0.356 e. The Bertz CT molecular complexity index is 1110. The molecule has 0 spiro atoms. The lowest BCUT2D eigenvalue weighted by Gasteiger charge is -2.38. The zero-order valence-electron chi connectivity index (χ0n) is 16.5. The van der Waals surface area contributed by atoms with Crippen molar-refractivity contribution in [1.29, 1.82) is 10.5 Å². The van der Waals surface area contributed by atoms with Crippen molar-refractivity contribution in [3.8, 4) is 12.1 Å². The molecule has 0 saturated carbocycles. The number of hydrogen-bond donors (Lipinski definition) is 1. The van der Waals surface area contributed by atoms with Crippen LogP contribution < -0.4 is 10.2 Å². The maximum atomic E-state index is 13.6. The Hall–Kier alpha value is -3.61. The van der Waals surface area contributed by atoms with Gasteiger partial charge in [0.2, 0.25) is 11.8 Å². The molecule has 6 nitrogen and oxygen atoms in total. The smallest absolute Gasteiger partial charge is 0.244 e. The molecule has 2 unspecified atom stereocenters. The third kappa shape index (κ3) is 3.78. The Balaban J connectivity index is 2.22. The van der Waals surface area contributed by atoms with Gasteiger partial charge in [-0.3, -0.25) is 14.5 Å². The lowest BCUT2D eigenvalue weighted by molar-refractivity contribution is -0.134. The Morgan fingerprint density at radius 3 is 2.43 bits per heavy atom. The molecule has 1 aliphatic rings. The summed E-state index contributed by atoms with van der Waals surface area (Å²) in [6, 6.07) is 17.6. The van der Waals surface area contributed by atoms with E-state index in [1.807, 2.05) is 6.07 Å². The third-order valence-corrected chi connectivity index (χ3v) is 5.31. The van der Waals surface area contributed by atoms with Gasteiger partial charge < -0.3 is 5.32 Å². The summed E-state index contributed by atoms with van der Waals surface area (Å²) in [5.74, 6) is -2.77. The van der Waals surface area contributed by atoms with Crippen molar-refractivity contribution in [1.82, 2.24) is 5.32 Å². The van der Waals surface area contributed by atoms with E-state index >= 15 is 0 Å². The van der Waals surface area contributed by atoms with Crippen LogP contribution in [0.4, 0.5) is 5.69 Å². The summed E-state index contributed by atoms with van der Waals surface area (Å²) in [5, 5.41) is 22.2. The molecule has 3 rings (SSSR count). The monoisotopic (exact) mass is 418 g/mol. The first-order chi connectivity index (χ1) is 14.4. The maximum absolute atomic E-state index is 13.6. The van der Waals surface area contributed by atoms with E-state index in [0.29, 0.717) is 39.7 Å². The predicted molar refractivity (Wildman–Crippen MR) is 113 cm³/mol. The number of carbonyl (C=O) groups is 2. The van der Waals surface area contributed by atoms with Gasteiger partial charge in [0.25, 0.3) is 0 Å². The van der Waals surface area contributed by atoms with E-state index in [9.17, 15) is 14.9 Å². The van der Waals surface area contributed by atoms with Crippen LogP contribution in [-0.2, 0) is 9.59 Å². The van der Waals surface area contributed by atoms with Gasteiger partial charge in [0, 0.05) is 23.2 Å². The molecule has 0 saturated heterocycles. The fourth-order valence-electron chi connectivity index (χ4n) is 3.72. The van der Waals surface area contributed by atoms with Crippen LogP contribution in [0.1, 0.15) is 30.9 Å². The van der Waals surface area contributed by atoms with E-state index in [1.54, 1.807) is 62.4 Å². The normalized spacial score (nSPS) is 18.6. The molecule has 7 heteroatoms. The first-order valence-corrected chi connectivity index (χ1v) is 9.78. The van der Waals surface area contributed by atoms with Gasteiger partial charge in [0.05, 0.1) is 29.0 Å². The summed E-state index contributed by atoms with van der Waals surface area (Å²) in [7, 11) is 0. The number of nitriles is 2. The third-order valence-electron chi connectivity index (χ3n) is 5.08. The van der Waals surface area contributed by atoms with Crippen molar-refractivity contribution in [2.75, 3.05) is 11.4 Å². The highest BCUT2D eigenvalue weighted by Crippen LogP contribution is 2.42. The first-order valence-electron chi connectivity index (χ1n) is 9.41. The number of hydrogen-bond acceptors (Lipinski definition) is 4. The highest BCUT2D eigenvalue weighted by Gasteiger charge is 2.46. The van der Waals surface area contributed by atoms with Crippen molar-refractivity contribution >= 4 is 29.1 Å². The standard InChI is InChI=1S/C23H19ClN4O2/c1-3-27-22(29)21-20(16-9-7-15(12-25)8-10-16)19(13-26)14(2)28(23(21)30)18-6-4-5-17(24)11-18/h4-11,20-21H,3H2,1-2H3,(H,27,29). The molecule has 150 valence electrons. The largest absolute Gasteiger partial charge is 0.356 e. The molecule has 0 radical (unpaired) electrons. The lowest BCUT2D eigenvalue weighted by atomic mass is 9.75. The van der Waals surface area contributed by atoms with Crippen LogP contribution in [0.25, 0.3) is 0 Å². The van der Waals surface area contributed by atoms with Gasteiger partial charge >= 0.3 is 0 Å². The van der Waals surface area contributed by atoms with Crippen LogP contribution in [0.15, 0.2) is 59.8 Å². The number of nitrogens with zero attached hydrogens (tertiary/aromatic N) is 3. The number of anilines is 1. The van der Waals surface area contributed by atoms with Gasteiger partial charge in [0.1, 0.15) is 5.92 Å². The van der Waals surface area contributed by atoms with Crippen molar-refractivity contribution in [3.63, 3.8) is 0 Å². The number of rotatable bonds is 4. The summed E-state index contributed by atoms with van der Waals surface area (Å²) >= 11 is 6.11. The Labute approximate surface area is 180 Å². The molecule has 2 amide bonds. The molecule has 0 aromatic heterocycles. The molecule has 2 aromatic rings. The summed E-state index contributed by atoms with van der Waals surface area (Å²) in [6.07, 6.45) is 0. The van der Waals surface area contributed by atoms with E-state index < -0.39 is 23.7 Å². The molecule has 0 fully saturated rings. The van der Waals surface area contributed by atoms with E-state index in [-0.39, 0.29) is 0 Å². The molecule has 0 bridgehead atoms. The highest BCUT2D eigenvalue weighted by molar-refractivity contribution is 6.31. The maximum Gasteiger partial charge on any atom is 0.244 e. The topological polar surface area (TPSA) is 97.0 Å². The highest BCUT2D eigenvalue weighted by atomic mass is 35.5. The minimum absolute atomic E-state index is 0.315. The SMILES string of the molecule is CCNC(=O)C1C(=O)N(c2cccc(Cl)c2)C(C)=C(C#N)C1c1ccc(C#N)cc1. The van der Waals surface area contributed by atoms with Crippen molar-refractivity contribution in [2.45, 2.75) is 19.8 Å². The van der Waals surface area contributed by atoms with E-state index in [2.05, 4.69) is 11.4 Å². The van der Waals surface area contributed by atoms with Gasteiger partial charge in [-0.15, -0.1) is 0 Å². The van der Waals surface area contributed by atoms with Gasteiger partial charge in [-0.1, -0.05) is 29.8 Å². The van der Waals surface area contributed by atoms with Crippen molar-refractivity contribution in [2.24, 2.45) is 5.92 Å². The molecule has 30 heavy (non-hydrogen) atoms. The fourth-order valence-corrected chi connectivity index (χ4v) is 3.90. The number of carbonyl (C=O) groups excluding carboxylic acids is 2. The molecule has 2 aromatic carbocycles. The predicted octanol–water partition coefficient (Wildman–Crippen LogP) is 3.89. The van der Waals surface area contributed by atoms with E-state index in [4.69, 9.17) is 16.9 Å². The summed E-state index contributed by atoms with van der Waals surface area (Å²) < 4.78 is 0. The Kier molecular flexibility index (Phi) is 6.20. The lowest BCUT2D eigenvalue weighted by Crippen LogP contribution is -2.49. The van der Waals surface area contributed by atoms with Crippen LogP contribution in [-0.4, -0.2) is 18.4 Å². The molecule has 2 atom stereocenters. The summed E-state index contributed by atoms with van der Waals surface area (Å²) in [4.78, 5) is 27.9. The molecule has 1 heterocycles. The Morgan fingerprint density at radius 2 is 1.87 bits per heavy atom. The van der Waals surface area contributed by atoms with Crippen molar-refractivity contribution in [3.05, 3.63) is 76.0 Å². The Morgan fingerprint density at radius 1 is 1.17 bits per heavy atom. The number of benzene rings is 2. The van der Waals surface area contributed by atoms with Gasteiger partial charge in [-0.25, -0.2) is 0 Å². The van der Waals surface area contributed by atoms with Crippen LogP contribution in [0, 0.1) is 28.6 Å². The molecular weight excluding hydrogens is 400 g/mol. The van der Waals surface area contributed by atoms with Gasteiger partial charge in [-0.2, -0.15) is 10.5 Å². The second kappa shape index (κ2) is 8.82. The zero-order chi connectivity index (χ0) is 21.8. The number of amides is 2. The summed E-state index contributed by atoms with van der Waals surface area (Å²) in [6.45, 7) is 3.80. The molecule has 1 N–H and O–H groups in total. The summed E-state index contributed by atoms with van der Waals surface area (Å²) in [5.41, 5.74) is 2.33. The van der Waals surface area contributed by atoms with Crippen LogP contribution in [0.2, 0.25) is 5.02 Å². The number of nitrogens with one attached hydrogen (secondary N) is 1.